The van der Waals surface area contributed by atoms with E-state index in [1.54, 1.807) is 0 Å². The van der Waals surface area contributed by atoms with Crippen molar-refractivity contribution in [1.82, 2.24) is 4.57 Å². The number of esters is 1. The Labute approximate surface area is 120 Å². The summed E-state index contributed by atoms with van der Waals surface area (Å²) in [5.41, 5.74) is 1.20. The van der Waals surface area contributed by atoms with Gasteiger partial charge in [-0.3, -0.25) is 4.79 Å². The van der Waals surface area contributed by atoms with Crippen LogP contribution in [-0.4, -0.2) is 17.6 Å². The van der Waals surface area contributed by atoms with Gasteiger partial charge in [0.05, 0.1) is 26.6 Å². The molecular weight excluding hydrogens is 296 g/mol. The van der Waals surface area contributed by atoms with Crippen LogP contribution in [0.3, 0.4) is 0 Å². The largest absolute Gasteiger partial charge is 1.00 e. The second-order valence-electron chi connectivity index (χ2n) is 4.19. The molecule has 1 rings (SSSR count). The lowest BCUT2D eigenvalue weighted by Crippen LogP contribution is -3.00. The van der Waals surface area contributed by atoms with Crippen LogP contribution in [-0.2, 0) is 29.0 Å². The number of imidazole rings is 1. The molecule has 0 saturated heterocycles. The average molecular weight is 319 g/mol. The monoisotopic (exact) mass is 318 g/mol. The predicted octanol–water partition coefficient (Wildman–Crippen LogP) is -1.29. The molecular formula is C13H23BrN2O2. The summed E-state index contributed by atoms with van der Waals surface area (Å²) in [4.78, 5) is 11.1. The van der Waals surface area contributed by atoms with Crippen LogP contribution < -0.4 is 21.5 Å². The Morgan fingerprint density at radius 2 is 2.17 bits per heavy atom. The topological polar surface area (TPSA) is 35.1 Å². The van der Waals surface area contributed by atoms with Gasteiger partial charge in [-0.05, 0) is 13.3 Å². The van der Waals surface area contributed by atoms with Crippen molar-refractivity contribution in [1.29, 1.82) is 0 Å². The fraction of sp³-hybridized carbons (Fsp3) is 0.692. The molecule has 0 saturated carbocycles. The summed E-state index contributed by atoms with van der Waals surface area (Å²) in [6.45, 7) is 6.30. The third-order valence-electron chi connectivity index (χ3n) is 2.89. The van der Waals surface area contributed by atoms with Gasteiger partial charge in [0.1, 0.15) is 11.9 Å². The maximum Gasteiger partial charge on any atom is 0.305 e. The van der Waals surface area contributed by atoms with Gasteiger partial charge in [-0.25, -0.2) is 9.13 Å². The number of hydrogen-bond acceptors (Lipinski definition) is 2. The van der Waals surface area contributed by atoms with Gasteiger partial charge in [-0.1, -0.05) is 13.3 Å². The third kappa shape index (κ3) is 5.21. The molecule has 0 aliphatic rings. The second kappa shape index (κ2) is 9.14. The zero-order chi connectivity index (χ0) is 12.7. The van der Waals surface area contributed by atoms with Gasteiger partial charge in [-0.2, -0.15) is 0 Å². The molecule has 1 heterocycles. The maximum absolute atomic E-state index is 11.1. The van der Waals surface area contributed by atoms with E-state index < -0.39 is 0 Å². The molecule has 0 N–H and O–H groups in total. The first kappa shape index (κ1) is 17.2. The number of carbonyl (C=O) groups is 1. The Kier molecular flexibility index (Phi) is 8.71. The van der Waals surface area contributed by atoms with Crippen molar-refractivity contribution in [3.8, 4) is 0 Å². The first-order valence-electron chi connectivity index (χ1n) is 6.36. The van der Waals surface area contributed by atoms with Crippen LogP contribution in [0, 0.1) is 0 Å². The molecule has 0 bridgehead atoms. The quantitative estimate of drug-likeness (QED) is 0.463. The van der Waals surface area contributed by atoms with Crippen LogP contribution in [0.1, 0.15) is 38.8 Å². The highest BCUT2D eigenvalue weighted by Crippen LogP contribution is 2.02. The number of halogens is 1. The third-order valence-corrected chi connectivity index (χ3v) is 2.89. The summed E-state index contributed by atoms with van der Waals surface area (Å²) in [7, 11) is 1.43. The van der Waals surface area contributed by atoms with Crippen LogP contribution in [0.15, 0.2) is 12.5 Å². The highest BCUT2D eigenvalue weighted by atomic mass is 79.9. The molecule has 1 aromatic rings. The van der Waals surface area contributed by atoms with E-state index in [2.05, 4.69) is 40.2 Å². The second-order valence-corrected chi connectivity index (χ2v) is 4.19. The predicted molar refractivity (Wildman–Crippen MR) is 65.5 cm³/mol. The minimum Gasteiger partial charge on any atom is -1.00 e. The number of aromatic nitrogens is 2. The van der Waals surface area contributed by atoms with Crippen molar-refractivity contribution in [3.63, 3.8) is 0 Å². The summed E-state index contributed by atoms with van der Waals surface area (Å²) in [5, 5.41) is 0. The smallest absolute Gasteiger partial charge is 0.305 e. The van der Waals surface area contributed by atoms with E-state index in [0.717, 1.165) is 19.5 Å². The minimum atomic E-state index is -0.144. The highest BCUT2D eigenvalue weighted by molar-refractivity contribution is 5.69. The number of hydrogen-bond donors (Lipinski definition) is 0. The van der Waals surface area contributed by atoms with E-state index in [9.17, 15) is 4.79 Å². The lowest BCUT2D eigenvalue weighted by atomic mass is 10.2. The zero-order valence-corrected chi connectivity index (χ0v) is 13.1. The molecule has 18 heavy (non-hydrogen) atoms. The standard InChI is InChI=1S/C13H23N2O2.BrH/c1-4-6-9-14-10-12(15(5-2)11-14)7-8-13(16)17-3;/h10-11H,4-9H2,1-3H3;1H/q+1;/p-1. The van der Waals surface area contributed by atoms with Gasteiger partial charge >= 0.3 is 5.97 Å². The fourth-order valence-electron chi connectivity index (χ4n) is 1.84. The number of nitrogens with zero attached hydrogens (tertiary/aromatic N) is 2. The summed E-state index contributed by atoms with van der Waals surface area (Å²) < 4.78 is 9.06. The first-order valence-corrected chi connectivity index (χ1v) is 6.36. The van der Waals surface area contributed by atoms with E-state index in [0.29, 0.717) is 6.42 Å². The zero-order valence-electron chi connectivity index (χ0n) is 11.5. The van der Waals surface area contributed by atoms with Crippen LogP contribution >= 0.6 is 0 Å². The van der Waals surface area contributed by atoms with E-state index in [1.807, 2.05) is 0 Å². The number of aryl methyl sites for hydroxylation is 3. The highest BCUT2D eigenvalue weighted by Gasteiger charge is 2.13. The Morgan fingerprint density at radius 1 is 1.44 bits per heavy atom. The molecule has 0 radical (unpaired) electrons. The molecule has 104 valence electrons. The van der Waals surface area contributed by atoms with Gasteiger partial charge in [0.2, 0.25) is 6.33 Å². The normalized spacial score (nSPS) is 9.94. The van der Waals surface area contributed by atoms with E-state index in [4.69, 9.17) is 0 Å². The van der Waals surface area contributed by atoms with Gasteiger partial charge < -0.3 is 21.7 Å². The lowest BCUT2D eigenvalue weighted by molar-refractivity contribution is -0.700. The molecule has 1 aromatic heterocycles. The van der Waals surface area contributed by atoms with Crippen molar-refractivity contribution in [2.75, 3.05) is 7.11 Å². The Balaban J connectivity index is 0.00000289. The average Bonchev–Trinajstić information content (AvgIpc) is 2.75. The molecule has 4 nitrogen and oxygen atoms in total. The first-order chi connectivity index (χ1) is 8.21. The summed E-state index contributed by atoms with van der Waals surface area (Å²) in [6, 6.07) is 0. The maximum atomic E-state index is 11.1. The van der Waals surface area contributed by atoms with E-state index >= 15 is 0 Å². The molecule has 0 atom stereocenters. The number of methoxy groups -OCH3 is 1. The number of ether oxygens (including phenoxy) is 1. The minimum absolute atomic E-state index is 0. The Bertz CT molecular complexity index is 364. The molecule has 0 aliphatic carbocycles. The molecule has 0 unspecified atom stereocenters. The van der Waals surface area contributed by atoms with Gasteiger partial charge in [0.25, 0.3) is 0 Å². The number of rotatable bonds is 7. The molecule has 5 heteroatoms. The number of unbranched alkanes of at least 4 members (excludes halogenated alkanes) is 1. The lowest BCUT2D eigenvalue weighted by Gasteiger charge is -1.97. The summed E-state index contributed by atoms with van der Waals surface area (Å²) in [6.07, 6.45) is 7.86. The van der Waals surface area contributed by atoms with Crippen LogP contribution in [0.4, 0.5) is 0 Å². The van der Waals surface area contributed by atoms with Gasteiger partial charge in [0, 0.05) is 6.42 Å². The van der Waals surface area contributed by atoms with Gasteiger partial charge in [-0.15, -0.1) is 0 Å². The van der Waals surface area contributed by atoms with Gasteiger partial charge in [0.15, 0.2) is 0 Å². The van der Waals surface area contributed by atoms with Crippen LogP contribution in [0.25, 0.3) is 0 Å². The number of carbonyl (C=O) groups excluding carboxylic acids is 1. The van der Waals surface area contributed by atoms with E-state index in [1.165, 1.54) is 25.6 Å². The van der Waals surface area contributed by atoms with Crippen molar-refractivity contribution < 1.29 is 31.1 Å². The molecule has 0 fully saturated rings. The molecule has 0 aliphatic heterocycles. The molecule has 0 spiro atoms. The van der Waals surface area contributed by atoms with Crippen LogP contribution in [0.2, 0.25) is 0 Å². The molecule has 0 aromatic carbocycles. The van der Waals surface area contributed by atoms with Crippen molar-refractivity contribution in [2.45, 2.75) is 52.6 Å². The van der Waals surface area contributed by atoms with Crippen molar-refractivity contribution in [2.24, 2.45) is 0 Å². The Hall–Kier alpha value is -0.840. The Morgan fingerprint density at radius 3 is 2.72 bits per heavy atom. The summed E-state index contributed by atoms with van der Waals surface area (Å²) in [5.74, 6) is -0.144. The van der Waals surface area contributed by atoms with Crippen molar-refractivity contribution >= 4 is 5.97 Å². The summed E-state index contributed by atoms with van der Waals surface area (Å²) >= 11 is 0. The van der Waals surface area contributed by atoms with Crippen LogP contribution in [0.5, 0.6) is 0 Å². The van der Waals surface area contributed by atoms with Crippen molar-refractivity contribution in [3.05, 3.63) is 18.2 Å². The SMILES string of the molecule is CCCCn1cc(CCC(=O)OC)[n+](CC)c1.[Br-]. The van der Waals surface area contributed by atoms with E-state index in [-0.39, 0.29) is 23.0 Å². The fourth-order valence-corrected chi connectivity index (χ4v) is 1.84. The molecule has 0 amide bonds.